The largest absolute Gasteiger partial charge is 0.421 e. The van der Waals surface area contributed by atoms with Crippen molar-refractivity contribution in [2.24, 2.45) is 0 Å². The Morgan fingerprint density at radius 3 is 2.06 bits per heavy atom. The van der Waals surface area contributed by atoms with Crippen LogP contribution in [0.1, 0.15) is 112 Å². The molecular formula is C27H36O4. The van der Waals surface area contributed by atoms with Crippen LogP contribution in [0.15, 0.2) is 47.7 Å². The Labute approximate surface area is 186 Å². The number of hydrogen-bond donors (Lipinski definition) is 0. The second-order valence-corrected chi connectivity index (χ2v) is 8.19. The van der Waals surface area contributed by atoms with Gasteiger partial charge >= 0.3 is 5.97 Å². The van der Waals surface area contributed by atoms with Gasteiger partial charge < -0.3 is 4.74 Å². The van der Waals surface area contributed by atoms with Crippen molar-refractivity contribution in [3.63, 3.8) is 0 Å². The molecule has 31 heavy (non-hydrogen) atoms. The first-order valence-corrected chi connectivity index (χ1v) is 11.9. The molecule has 0 saturated heterocycles. The topological polar surface area (TPSA) is 60.4 Å². The molecular weight excluding hydrogens is 388 g/mol. The van der Waals surface area contributed by atoms with Crippen LogP contribution in [0, 0.1) is 0 Å². The number of carbonyl (C=O) groups is 3. The quantitative estimate of drug-likeness (QED) is 0.235. The van der Waals surface area contributed by atoms with Crippen molar-refractivity contribution in [1.82, 2.24) is 0 Å². The van der Waals surface area contributed by atoms with E-state index in [9.17, 15) is 14.4 Å². The van der Waals surface area contributed by atoms with Gasteiger partial charge in [-0.3, -0.25) is 14.4 Å². The van der Waals surface area contributed by atoms with Crippen molar-refractivity contribution in [2.45, 2.75) is 90.9 Å². The summed E-state index contributed by atoms with van der Waals surface area (Å²) in [6.45, 7) is 4.27. The standard InChI is InChI=1S/C27H36O4/c1-3-5-7-8-9-10-11-12-14-19-23-25(29)21-17-15-16-18-22(21)26(30)27(23)31-24(28)20-13-6-4-2/h14-19H,3-13,20H2,1-2H3. The van der Waals surface area contributed by atoms with E-state index >= 15 is 0 Å². The normalized spacial score (nSPS) is 13.7. The highest BCUT2D eigenvalue weighted by Crippen LogP contribution is 2.28. The van der Waals surface area contributed by atoms with Gasteiger partial charge in [0.15, 0.2) is 11.5 Å². The number of hydrogen-bond acceptors (Lipinski definition) is 4. The summed E-state index contributed by atoms with van der Waals surface area (Å²) in [5, 5.41) is 0. The lowest BCUT2D eigenvalue weighted by Gasteiger charge is -2.18. The van der Waals surface area contributed by atoms with Crippen LogP contribution in [0.3, 0.4) is 0 Å². The summed E-state index contributed by atoms with van der Waals surface area (Å²) in [7, 11) is 0. The summed E-state index contributed by atoms with van der Waals surface area (Å²) in [6.07, 6.45) is 15.8. The minimum Gasteiger partial charge on any atom is -0.421 e. The number of unbranched alkanes of at least 4 members (excludes halogenated alkanes) is 9. The van der Waals surface area contributed by atoms with Crippen LogP contribution >= 0.6 is 0 Å². The van der Waals surface area contributed by atoms with E-state index in [1.807, 2.05) is 6.08 Å². The number of allylic oxidation sites excluding steroid dienone is 4. The van der Waals surface area contributed by atoms with Crippen molar-refractivity contribution in [1.29, 1.82) is 0 Å². The molecule has 1 aliphatic carbocycles. The van der Waals surface area contributed by atoms with E-state index in [0.717, 1.165) is 32.1 Å². The molecule has 0 amide bonds. The zero-order valence-corrected chi connectivity index (χ0v) is 19.1. The first-order valence-electron chi connectivity index (χ1n) is 11.9. The lowest BCUT2D eigenvalue weighted by molar-refractivity contribution is -0.139. The number of ketones is 2. The van der Waals surface area contributed by atoms with E-state index in [4.69, 9.17) is 4.74 Å². The van der Waals surface area contributed by atoms with Gasteiger partial charge in [0.2, 0.25) is 5.78 Å². The van der Waals surface area contributed by atoms with Gasteiger partial charge in [-0.25, -0.2) is 0 Å². The van der Waals surface area contributed by atoms with Gasteiger partial charge in [-0.2, -0.15) is 0 Å². The molecule has 0 aliphatic heterocycles. The van der Waals surface area contributed by atoms with Crippen LogP contribution in [-0.4, -0.2) is 17.5 Å². The average molecular weight is 425 g/mol. The Hall–Kier alpha value is -2.49. The van der Waals surface area contributed by atoms with E-state index in [2.05, 4.69) is 13.8 Å². The number of rotatable bonds is 14. The third-order valence-electron chi connectivity index (χ3n) is 5.57. The Morgan fingerprint density at radius 1 is 0.806 bits per heavy atom. The zero-order chi connectivity index (χ0) is 22.5. The molecule has 4 nitrogen and oxygen atoms in total. The molecule has 0 saturated carbocycles. The smallest absolute Gasteiger partial charge is 0.311 e. The second kappa shape index (κ2) is 13.7. The molecule has 0 fully saturated rings. The van der Waals surface area contributed by atoms with Gasteiger partial charge in [-0.05, 0) is 19.3 Å². The highest BCUT2D eigenvalue weighted by molar-refractivity contribution is 6.27. The van der Waals surface area contributed by atoms with Crippen molar-refractivity contribution >= 4 is 17.5 Å². The lowest BCUT2D eigenvalue weighted by Crippen LogP contribution is -2.24. The number of benzene rings is 1. The molecule has 0 radical (unpaired) electrons. The minimum absolute atomic E-state index is 0.124. The Kier molecular flexibility index (Phi) is 11.0. The van der Waals surface area contributed by atoms with E-state index < -0.39 is 11.8 Å². The molecule has 0 heterocycles. The summed E-state index contributed by atoms with van der Waals surface area (Å²) in [5.41, 5.74) is 0.859. The highest BCUT2D eigenvalue weighted by atomic mass is 16.5. The monoisotopic (exact) mass is 424 g/mol. The first-order chi connectivity index (χ1) is 15.1. The third-order valence-corrected chi connectivity index (χ3v) is 5.57. The Bertz CT molecular complexity index is 816. The molecule has 168 valence electrons. The third kappa shape index (κ3) is 7.61. The fourth-order valence-corrected chi connectivity index (χ4v) is 3.73. The van der Waals surface area contributed by atoms with E-state index in [-0.39, 0.29) is 23.5 Å². The van der Waals surface area contributed by atoms with Crippen LogP contribution in [0.25, 0.3) is 0 Å². The summed E-state index contributed by atoms with van der Waals surface area (Å²) in [4.78, 5) is 38.3. The summed E-state index contributed by atoms with van der Waals surface area (Å²) >= 11 is 0. The van der Waals surface area contributed by atoms with Crippen molar-refractivity contribution in [3.8, 4) is 0 Å². The fourth-order valence-electron chi connectivity index (χ4n) is 3.73. The molecule has 0 N–H and O–H groups in total. The molecule has 1 aromatic carbocycles. The van der Waals surface area contributed by atoms with Crippen LogP contribution in [0.5, 0.6) is 0 Å². The van der Waals surface area contributed by atoms with E-state index in [0.29, 0.717) is 17.5 Å². The van der Waals surface area contributed by atoms with Gasteiger partial charge in [0.05, 0.1) is 5.57 Å². The maximum atomic E-state index is 13.0. The average Bonchev–Trinajstić information content (AvgIpc) is 2.78. The Morgan fingerprint density at radius 2 is 1.39 bits per heavy atom. The number of carbonyl (C=O) groups excluding carboxylic acids is 3. The van der Waals surface area contributed by atoms with Gasteiger partial charge in [-0.15, -0.1) is 0 Å². The van der Waals surface area contributed by atoms with Gasteiger partial charge in [0, 0.05) is 17.5 Å². The summed E-state index contributed by atoms with van der Waals surface area (Å²) in [6, 6.07) is 6.72. The molecule has 0 bridgehead atoms. The zero-order valence-electron chi connectivity index (χ0n) is 19.1. The van der Waals surface area contributed by atoms with Crippen LogP contribution in [-0.2, 0) is 9.53 Å². The van der Waals surface area contributed by atoms with Crippen LogP contribution in [0.4, 0.5) is 0 Å². The molecule has 0 atom stereocenters. The predicted octanol–water partition coefficient (Wildman–Crippen LogP) is 7.14. The molecule has 0 aromatic heterocycles. The number of Topliss-reactive ketones (excluding diaryl/α,β-unsaturated/α-hetero) is 2. The molecule has 0 unspecified atom stereocenters. The Balaban J connectivity index is 2.07. The SMILES string of the molecule is CCCCCCCCCC=CC1=C(OC(=O)CCCCC)C(=O)c2ccccc2C1=O. The lowest BCUT2D eigenvalue weighted by atomic mass is 9.87. The number of fused-ring (bicyclic) bond motifs is 1. The van der Waals surface area contributed by atoms with E-state index in [1.165, 1.54) is 32.1 Å². The van der Waals surface area contributed by atoms with Gasteiger partial charge in [0.25, 0.3) is 0 Å². The van der Waals surface area contributed by atoms with Crippen molar-refractivity contribution in [3.05, 3.63) is 58.9 Å². The molecule has 0 spiro atoms. The van der Waals surface area contributed by atoms with Gasteiger partial charge in [-0.1, -0.05) is 102 Å². The van der Waals surface area contributed by atoms with E-state index in [1.54, 1.807) is 30.3 Å². The van der Waals surface area contributed by atoms with Crippen molar-refractivity contribution < 1.29 is 19.1 Å². The predicted molar refractivity (Wildman–Crippen MR) is 124 cm³/mol. The number of ether oxygens (including phenoxy) is 1. The molecule has 1 aliphatic rings. The maximum absolute atomic E-state index is 13.0. The second-order valence-electron chi connectivity index (χ2n) is 8.19. The number of esters is 1. The van der Waals surface area contributed by atoms with Crippen LogP contribution in [0.2, 0.25) is 0 Å². The highest BCUT2D eigenvalue weighted by Gasteiger charge is 2.33. The summed E-state index contributed by atoms with van der Waals surface area (Å²) in [5.74, 6) is -1.24. The molecule has 4 heteroatoms. The first kappa shape index (κ1) is 24.8. The minimum atomic E-state index is -0.457. The molecule has 1 aromatic rings. The molecule has 2 rings (SSSR count). The van der Waals surface area contributed by atoms with Gasteiger partial charge in [0.1, 0.15) is 0 Å². The van der Waals surface area contributed by atoms with Crippen LogP contribution < -0.4 is 0 Å². The van der Waals surface area contributed by atoms with Crippen molar-refractivity contribution in [2.75, 3.05) is 0 Å². The summed E-state index contributed by atoms with van der Waals surface area (Å²) < 4.78 is 5.44. The maximum Gasteiger partial charge on any atom is 0.311 e. The fraction of sp³-hybridized carbons (Fsp3) is 0.519.